The number of allylic oxidation sites excluding steroid dienone is 1. The normalized spacial score (nSPS) is 22.5. The lowest BCUT2D eigenvalue weighted by Crippen LogP contribution is -2.44. The zero-order valence-electron chi connectivity index (χ0n) is 32.8. The largest absolute Gasteiger partial charge is 0.488 e. The van der Waals surface area contributed by atoms with E-state index in [2.05, 4.69) is 92.1 Å². The van der Waals surface area contributed by atoms with Gasteiger partial charge in [0.1, 0.15) is 12.4 Å². The number of ether oxygens (including phenoxy) is 1. The van der Waals surface area contributed by atoms with Gasteiger partial charge in [0, 0.05) is 55.0 Å². The van der Waals surface area contributed by atoms with Crippen LogP contribution in [0.4, 0.5) is 5.69 Å². The third kappa shape index (κ3) is 6.30. The van der Waals surface area contributed by atoms with Crippen LogP contribution in [0, 0.1) is 17.8 Å². The van der Waals surface area contributed by atoms with Crippen molar-refractivity contribution in [1.29, 1.82) is 0 Å². The summed E-state index contributed by atoms with van der Waals surface area (Å²) in [6.45, 7) is 12.7. The molecule has 55 heavy (non-hydrogen) atoms. The van der Waals surface area contributed by atoms with Crippen LogP contribution in [-0.4, -0.2) is 58.2 Å². The predicted molar refractivity (Wildman–Crippen MR) is 222 cm³/mol. The van der Waals surface area contributed by atoms with Crippen molar-refractivity contribution in [3.05, 3.63) is 101 Å². The molecule has 0 spiro atoms. The van der Waals surface area contributed by atoms with Crippen molar-refractivity contribution in [2.75, 3.05) is 13.1 Å². The molecule has 0 saturated carbocycles. The van der Waals surface area contributed by atoms with Gasteiger partial charge in [0.05, 0.1) is 23.7 Å². The fraction of sp³-hybridized carbons (Fsp3) is 0.417. The maximum absolute atomic E-state index is 13.9. The number of nitrogens with zero attached hydrogens (tertiary/aromatic N) is 4. The van der Waals surface area contributed by atoms with Crippen molar-refractivity contribution in [1.82, 2.24) is 9.80 Å². The molecule has 7 heteroatoms. The maximum atomic E-state index is 13.9. The van der Waals surface area contributed by atoms with Crippen LogP contribution in [0.15, 0.2) is 89.0 Å². The molecule has 0 aromatic heterocycles. The van der Waals surface area contributed by atoms with Crippen LogP contribution >= 0.6 is 0 Å². The Labute approximate surface area is 325 Å². The van der Waals surface area contributed by atoms with Crippen LogP contribution in [0.5, 0.6) is 5.75 Å². The van der Waals surface area contributed by atoms with E-state index < -0.39 is 0 Å². The van der Waals surface area contributed by atoms with E-state index in [1.807, 2.05) is 31.3 Å². The van der Waals surface area contributed by atoms with E-state index >= 15 is 0 Å². The summed E-state index contributed by atoms with van der Waals surface area (Å²) >= 11 is 0. The van der Waals surface area contributed by atoms with Gasteiger partial charge in [0.15, 0.2) is 0 Å². The number of benzene rings is 4. The Morgan fingerprint density at radius 3 is 2.51 bits per heavy atom. The Morgan fingerprint density at radius 2 is 1.71 bits per heavy atom. The Bertz CT molecular complexity index is 2290. The van der Waals surface area contributed by atoms with Gasteiger partial charge >= 0.3 is 0 Å². The van der Waals surface area contributed by atoms with Crippen LogP contribution in [0.25, 0.3) is 27.5 Å². The van der Waals surface area contributed by atoms with Crippen LogP contribution in [0.2, 0.25) is 0 Å². The quantitative estimate of drug-likeness (QED) is 0.181. The number of rotatable bonds is 8. The average molecular weight is 733 g/mol. The monoisotopic (exact) mass is 732 g/mol. The van der Waals surface area contributed by atoms with Crippen LogP contribution in [0.3, 0.4) is 0 Å². The molecule has 9 rings (SSSR count). The van der Waals surface area contributed by atoms with Crippen LogP contribution in [0.1, 0.15) is 94.9 Å². The molecule has 0 aliphatic carbocycles. The van der Waals surface area contributed by atoms with Gasteiger partial charge in [-0.2, -0.15) is 0 Å². The van der Waals surface area contributed by atoms with Crippen molar-refractivity contribution >= 4 is 45.3 Å². The Kier molecular flexibility index (Phi) is 9.22. The second kappa shape index (κ2) is 14.2. The molecule has 2 fully saturated rings. The van der Waals surface area contributed by atoms with E-state index in [1.165, 1.54) is 33.0 Å². The maximum Gasteiger partial charge on any atom is 0.230 e. The summed E-state index contributed by atoms with van der Waals surface area (Å²) in [5.74, 6) is 2.00. The number of carbonyl (C=O) groups excluding carboxylic acids is 2. The SMILES string of the molecule is CC[C@H]1C[C@@H](C2=NC=C(c3ccc4c(c3)COc3cc5c6c(ccc5cc3-4)N=C([C@@H]3CCCN3C(=O)[C@@H](C)C(C)C)C6)C2)N(C(=O)[C@H](C)c2ccccc2)C1. The molecule has 4 aromatic carbocycles. The second-order valence-electron chi connectivity index (χ2n) is 16.9. The Hall–Kier alpha value is -5.04. The van der Waals surface area contributed by atoms with E-state index in [0.29, 0.717) is 18.4 Å². The van der Waals surface area contributed by atoms with E-state index in [0.717, 1.165) is 91.2 Å². The van der Waals surface area contributed by atoms with E-state index in [9.17, 15) is 9.59 Å². The van der Waals surface area contributed by atoms with E-state index in [-0.39, 0.29) is 35.7 Å². The minimum absolute atomic E-state index is 0.0111. The summed E-state index contributed by atoms with van der Waals surface area (Å²) in [5, 5.41) is 2.37. The molecule has 0 bridgehead atoms. The molecule has 282 valence electrons. The van der Waals surface area contributed by atoms with Gasteiger partial charge in [-0.3, -0.25) is 19.6 Å². The minimum atomic E-state index is -0.181. The first-order valence-electron chi connectivity index (χ1n) is 20.5. The first-order valence-corrected chi connectivity index (χ1v) is 20.5. The number of amides is 2. The lowest BCUT2D eigenvalue weighted by Gasteiger charge is -2.29. The van der Waals surface area contributed by atoms with Crippen molar-refractivity contribution in [2.45, 2.75) is 97.8 Å². The highest BCUT2D eigenvalue weighted by atomic mass is 16.5. The molecule has 5 aliphatic rings. The van der Waals surface area contributed by atoms with Crippen molar-refractivity contribution in [2.24, 2.45) is 27.7 Å². The molecule has 0 radical (unpaired) electrons. The minimum Gasteiger partial charge on any atom is -0.488 e. The first kappa shape index (κ1) is 35.6. The van der Waals surface area contributed by atoms with Crippen LogP contribution in [-0.2, 0) is 22.6 Å². The summed E-state index contributed by atoms with van der Waals surface area (Å²) in [6.07, 6.45) is 7.59. The Balaban J connectivity index is 0.918. The van der Waals surface area contributed by atoms with Crippen LogP contribution < -0.4 is 4.74 Å². The fourth-order valence-corrected chi connectivity index (χ4v) is 9.58. The number of aliphatic imine (C=N–C) groups is 2. The lowest BCUT2D eigenvalue weighted by molar-refractivity contribution is -0.136. The summed E-state index contributed by atoms with van der Waals surface area (Å²) < 4.78 is 6.50. The third-order valence-electron chi connectivity index (χ3n) is 13.3. The third-order valence-corrected chi connectivity index (χ3v) is 13.3. The summed E-state index contributed by atoms with van der Waals surface area (Å²) in [5.41, 5.74) is 11.4. The number of hydrogen-bond acceptors (Lipinski definition) is 5. The highest BCUT2D eigenvalue weighted by Gasteiger charge is 2.40. The van der Waals surface area contributed by atoms with Gasteiger partial charge in [0.25, 0.3) is 0 Å². The number of likely N-dealkylation sites (tertiary alicyclic amines) is 2. The molecule has 2 amide bonds. The molecule has 0 N–H and O–H groups in total. The smallest absolute Gasteiger partial charge is 0.230 e. The van der Waals surface area contributed by atoms with Gasteiger partial charge in [-0.05, 0) is 106 Å². The molecule has 0 unspecified atom stereocenters. The highest BCUT2D eigenvalue weighted by Crippen LogP contribution is 2.45. The van der Waals surface area contributed by atoms with Crippen molar-refractivity contribution in [3.8, 4) is 16.9 Å². The molecular weight excluding hydrogens is 681 g/mol. The second-order valence-corrected chi connectivity index (χ2v) is 16.9. The van der Waals surface area contributed by atoms with Gasteiger partial charge in [-0.15, -0.1) is 0 Å². The lowest BCUT2D eigenvalue weighted by atomic mass is 9.89. The number of hydrogen-bond donors (Lipinski definition) is 0. The van der Waals surface area contributed by atoms with Gasteiger partial charge in [0.2, 0.25) is 11.8 Å². The van der Waals surface area contributed by atoms with Crippen molar-refractivity contribution in [3.63, 3.8) is 0 Å². The number of fused-ring (bicyclic) bond motifs is 6. The molecule has 2 saturated heterocycles. The number of carbonyl (C=O) groups is 2. The summed E-state index contributed by atoms with van der Waals surface area (Å²) in [7, 11) is 0. The zero-order valence-corrected chi connectivity index (χ0v) is 32.8. The molecule has 5 aliphatic heterocycles. The van der Waals surface area contributed by atoms with Gasteiger partial charge in [-0.25, -0.2) is 0 Å². The Morgan fingerprint density at radius 1 is 0.873 bits per heavy atom. The highest BCUT2D eigenvalue weighted by molar-refractivity contribution is 6.07. The van der Waals surface area contributed by atoms with Gasteiger partial charge < -0.3 is 14.5 Å². The fourth-order valence-electron chi connectivity index (χ4n) is 9.58. The van der Waals surface area contributed by atoms with E-state index in [4.69, 9.17) is 14.7 Å². The average Bonchev–Trinajstić information content (AvgIpc) is 4.04. The predicted octanol–water partition coefficient (Wildman–Crippen LogP) is 9.93. The topological polar surface area (TPSA) is 74.6 Å². The first-order chi connectivity index (χ1) is 26.7. The zero-order chi connectivity index (χ0) is 38.0. The van der Waals surface area contributed by atoms with Gasteiger partial charge in [-0.1, -0.05) is 82.6 Å². The molecule has 7 nitrogen and oxygen atoms in total. The summed E-state index contributed by atoms with van der Waals surface area (Å²) in [4.78, 5) is 41.6. The summed E-state index contributed by atoms with van der Waals surface area (Å²) in [6, 6.07) is 25.8. The van der Waals surface area contributed by atoms with Crippen molar-refractivity contribution < 1.29 is 14.3 Å². The molecular formula is C48H52N4O3. The standard InChI is InChI=1S/C48H52N4O3/c1-6-31-19-45(52(26-31)48(54)30(5)32-11-8-7-9-12-32)42-22-35(25-49-42)33-14-16-37-36(20-33)27-55-46-24-38-34(21-40(37)46)15-17-41-39(38)23-43(50-41)44-13-10-18-51(44)47(53)29(4)28(2)3/h7-9,11-12,14-17,20-21,24-25,28-31,44-45H,6,10,13,18-19,22-23,26-27H2,1-5H3/t29-,30+,31-,44-,45-/m0/s1. The molecule has 4 aromatic rings. The molecule has 5 heterocycles. The van der Waals surface area contributed by atoms with E-state index in [1.54, 1.807) is 0 Å². The molecule has 5 atom stereocenters.